The number of likely N-dealkylation sites (tertiary alicyclic amines) is 1. The van der Waals surface area contributed by atoms with Crippen molar-refractivity contribution in [2.45, 2.75) is 63.7 Å². The lowest BCUT2D eigenvalue weighted by Gasteiger charge is -2.56. The van der Waals surface area contributed by atoms with Crippen LogP contribution in [0.1, 0.15) is 50.7 Å². The van der Waals surface area contributed by atoms with Gasteiger partial charge in [-0.05, 0) is 56.3 Å². The van der Waals surface area contributed by atoms with Crippen molar-refractivity contribution in [2.75, 3.05) is 6.54 Å². The smallest absolute Gasteiger partial charge is 0.329 e. The number of β-amino-alcohol motifs (C(OH)–C–C–N with tert-alkyl or cyclic N) is 1. The number of carbonyl (C=O) groups is 2. The minimum absolute atomic E-state index is 0.00910. The molecule has 1 amide bonds. The molecule has 1 aromatic rings. The highest BCUT2D eigenvalue weighted by atomic mass is 16.6. The van der Waals surface area contributed by atoms with Gasteiger partial charge in [0, 0.05) is 19.0 Å². The molecular formula is C20H26N2O5. The lowest BCUT2D eigenvalue weighted by molar-refractivity contribution is -0.166. The molecule has 5 aliphatic rings. The zero-order chi connectivity index (χ0) is 18.6. The number of amides is 1. The Bertz CT molecular complexity index is 695. The Morgan fingerprint density at radius 1 is 1.19 bits per heavy atom. The second kappa shape index (κ2) is 6.33. The van der Waals surface area contributed by atoms with Gasteiger partial charge in [-0.1, -0.05) is 5.16 Å². The molecule has 2 atom stereocenters. The van der Waals surface area contributed by atoms with Crippen LogP contribution in [0.25, 0.3) is 0 Å². The Kier molecular flexibility index (Phi) is 4.04. The van der Waals surface area contributed by atoms with Gasteiger partial charge in [-0.3, -0.25) is 4.79 Å². The Balaban J connectivity index is 1.32. The van der Waals surface area contributed by atoms with Gasteiger partial charge >= 0.3 is 5.97 Å². The minimum atomic E-state index is -0.705. The molecule has 6 rings (SSSR count). The highest BCUT2D eigenvalue weighted by molar-refractivity contribution is 5.89. The first kappa shape index (κ1) is 17.2. The van der Waals surface area contributed by atoms with E-state index >= 15 is 0 Å². The first-order valence-corrected chi connectivity index (χ1v) is 10.1. The predicted octanol–water partition coefficient (Wildman–Crippen LogP) is 1.90. The predicted molar refractivity (Wildman–Crippen MR) is 93.0 cm³/mol. The van der Waals surface area contributed by atoms with E-state index in [9.17, 15) is 14.7 Å². The number of rotatable bonds is 4. The molecule has 1 saturated heterocycles. The summed E-state index contributed by atoms with van der Waals surface area (Å²) < 4.78 is 10.3. The molecule has 2 heterocycles. The van der Waals surface area contributed by atoms with E-state index in [1.807, 2.05) is 0 Å². The molecule has 0 spiro atoms. The van der Waals surface area contributed by atoms with Gasteiger partial charge in [0.1, 0.15) is 6.04 Å². The lowest BCUT2D eigenvalue weighted by Crippen LogP contribution is -2.56. The Labute approximate surface area is 158 Å². The van der Waals surface area contributed by atoms with Crippen LogP contribution >= 0.6 is 0 Å². The van der Waals surface area contributed by atoms with Gasteiger partial charge in [-0.2, -0.15) is 0 Å². The molecule has 27 heavy (non-hydrogen) atoms. The number of hydrogen-bond acceptors (Lipinski definition) is 6. The molecular weight excluding hydrogens is 348 g/mol. The highest BCUT2D eigenvalue weighted by Crippen LogP contribution is 2.60. The van der Waals surface area contributed by atoms with Crippen molar-refractivity contribution in [1.82, 2.24) is 10.1 Å². The highest BCUT2D eigenvalue weighted by Gasteiger charge is 2.57. The molecule has 1 aliphatic heterocycles. The first-order chi connectivity index (χ1) is 13.0. The molecule has 0 unspecified atom stereocenters. The molecule has 0 radical (unpaired) electrons. The number of aliphatic hydroxyl groups excluding tert-OH is 1. The molecule has 4 bridgehead atoms. The van der Waals surface area contributed by atoms with Crippen LogP contribution in [0.15, 0.2) is 16.8 Å². The monoisotopic (exact) mass is 374 g/mol. The average molecular weight is 374 g/mol. The third-order valence-electron chi connectivity index (χ3n) is 7.15. The Morgan fingerprint density at radius 3 is 2.44 bits per heavy atom. The van der Waals surface area contributed by atoms with Crippen LogP contribution in [0.3, 0.4) is 0 Å². The van der Waals surface area contributed by atoms with Gasteiger partial charge in [-0.25, -0.2) is 4.79 Å². The summed E-state index contributed by atoms with van der Waals surface area (Å²) in [5.74, 6) is 2.03. The van der Waals surface area contributed by atoms with Crippen molar-refractivity contribution in [3.63, 3.8) is 0 Å². The van der Waals surface area contributed by atoms with E-state index in [1.54, 1.807) is 11.0 Å². The average Bonchev–Trinajstić information content (AvgIpc) is 3.27. The molecule has 1 aromatic heterocycles. The standard InChI is InChI=1S/C20H26N2O5/c23-15-6-17(18(24)26-11-16-1-2-21-27-16)22(10-15)19(25)20-7-12-3-13(8-20)5-14(4-12)9-20/h1-2,12-15,17,23H,3-11H2/t12?,13?,14?,15-,17+,20?/m1/s1. The van der Waals surface area contributed by atoms with Crippen LogP contribution in [0.2, 0.25) is 0 Å². The largest absolute Gasteiger partial charge is 0.456 e. The normalized spacial score (nSPS) is 39.7. The van der Waals surface area contributed by atoms with E-state index in [4.69, 9.17) is 9.26 Å². The topological polar surface area (TPSA) is 92.9 Å². The van der Waals surface area contributed by atoms with E-state index in [0.29, 0.717) is 23.5 Å². The molecule has 1 N–H and O–H groups in total. The van der Waals surface area contributed by atoms with Crippen molar-refractivity contribution >= 4 is 11.9 Å². The van der Waals surface area contributed by atoms with Crippen LogP contribution in [0, 0.1) is 23.2 Å². The molecule has 0 aromatic carbocycles. The molecule has 7 heteroatoms. The zero-order valence-corrected chi connectivity index (χ0v) is 15.4. The number of aromatic nitrogens is 1. The summed E-state index contributed by atoms with van der Waals surface area (Å²) in [6.07, 6.45) is 7.69. The van der Waals surface area contributed by atoms with Crippen molar-refractivity contribution in [3.05, 3.63) is 18.0 Å². The third-order valence-corrected chi connectivity index (χ3v) is 7.15. The molecule has 4 aliphatic carbocycles. The second-order valence-electron chi connectivity index (χ2n) is 9.15. The van der Waals surface area contributed by atoms with E-state index < -0.39 is 18.1 Å². The van der Waals surface area contributed by atoms with Crippen LogP contribution in [0.5, 0.6) is 0 Å². The van der Waals surface area contributed by atoms with E-state index in [0.717, 1.165) is 19.3 Å². The zero-order valence-electron chi connectivity index (χ0n) is 15.4. The Hall–Kier alpha value is -1.89. The molecule has 7 nitrogen and oxygen atoms in total. The fourth-order valence-corrected chi connectivity index (χ4v) is 6.49. The summed E-state index contributed by atoms with van der Waals surface area (Å²) in [5, 5.41) is 13.8. The number of hydrogen-bond donors (Lipinski definition) is 1. The lowest BCUT2D eigenvalue weighted by atomic mass is 9.49. The number of aliphatic hydroxyl groups is 1. The van der Waals surface area contributed by atoms with Gasteiger partial charge in [0.05, 0.1) is 17.7 Å². The first-order valence-electron chi connectivity index (χ1n) is 10.1. The Morgan fingerprint density at radius 2 is 1.85 bits per heavy atom. The summed E-state index contributed by atoms with van der Waals surface area (Å²) in [4.78, 5) is 27.8. The fourth-order valence-electron chi connectivity index (χ4n) is 6.49. The van der Waals surface area contributed by atoms with Crippen LogP contribution in [0.4, 0.5) is 0 Å². The van der Waals surface area contributed by atoms with Gasteiger partial charge in [-0.15, -0.1) is 0 Å². The summed E-state index contributed by atoms with van der Waals surface area (Å²) in [6, 6.07) is 0.929. The van der Waals surface area contributed by atoms with Crippen LogP contribution < -0.4 is 0 Å². The number of nitrogens with zero attached hydrogens (tertiary/aromatic N) is 2. The summed E-state index contributed by atoms with van der Waals surface area (Å²) in [6.45, 7) is 0.216. The maximum atomic E-state index is 13.6. The maximum absolute atomic E-state index is 13.6. The molecule has 5 fully saturated rings. The van der Waals surface area contributed by atoms with E-state index in [1.165, 1.54) is 25.5 Å². The van der Waals surface area contributed by atoms with Crippen molar-refractivity contribution in [2.24, 2.45) is 23.2 Å². The third kappa shape index (κ3) is 2.96. The van der Waals surface area contributed by atoms with Gasteiger partial charge < -0.3 is 19.3 Å². The fraction of sp³-hybridized carbons (Fsp3) is 0.750. The number of esters is 1. The summed E-state index contributed by atoms with van der Waals surface area (Å²) >= 11 is 0. The van der Waals surface area contributed by atoms with Crippen molar-refractivity contribution < 1.29 is 24.0 Å². The van der Waals surface area contributed by atoms with Crippen LogP contribution in [-0.2, 0) is 20.9 Å². The molecule has 4 saturated carbocycles. The van der Waals surface area contributed by atoms with Gasteiger partial charge in [0.25, 0.3) is 0 Å². The summed E-state index contributed by atoms with van der Waals surface area (Å²) in [7, 11) is 0. The van der Waals surface area contributed by atoms with Crippen molar-refractivity contribution in [3.8, 4) is 0 Å². The maximum Gasteiger partial charge on any atom is 0.329 e. The quantitative estimate of drug-likeness (QED) is 0.809. The number of carbonyl (C=O) groups excluding carboxylic acids is 2. The van der Waals surface area contributed by atoms with Crippen LogP contribution in [-0.4, -0.2) is 45.7 Å². The van der Waals surface area contributed by atoms with E-state index in [2.05, 4.69) is 5.16 Å². The van der Waals surface area contributed by atoms with E-state index in [-0.39, 0.29) is 30.9 Å². The van der Waals surface area contributed by atoms with Gasteiger partial charge in [0.2, 0.25) is 5.91 Å². The molecule has 146 valence electrons. The van der Waals surface area contributed by atoms with Gasteiger partial charge in [0.15, 0.2) is 12.4 Å². The SMILES string of the molecule is O=C(OCc1ccno1)[C@@H]1C[C@@H](O)CN1C(=O)C12CC3CC(CC(C3)C1)C2. The summed E-state index contributed by atoms with van der Waals surface area (Å²) in [5.41, 5.74) is -0.317. The number of ether oxygens (including phenoxy) is 1. The second-order valence-corrected chi connectivity index (χ2v) is 9.15. The van der Waals surface area contributed by atoms with Crippen molar-refractivity contribution in [1.29, 1.82) is 0 Å². The minimum Gasteiger partial charge on any atom is -0.456 e.